The summed E-state index contributed by atoms with van der Waals surface area (Å²) < 4.78 is 10.6. The van der Waals surface area contributed by atoms with Crippen molar-refractivity contribution in [2.75, 3.05) is 13.7 Å². The van der Waals surface area contributed by atoms with Gasteiger partial charge in [0.2, 0.25) is 0 Å². The van der Waals surface area contributed by atoms with Gasteiger partial charge < -0.3 is 14.6 Å². The van der Waals surface area contributed by atoms with E-state index in [0.29, 0.717) is 5.57 Å². The fourth-order valence-electron chi connectivity index (χ4n) is 2.01. The maximum atomic E-state index is 11.6. The molecule has 4 heteroatoms. The molecule has 0 aromatic heterocycles. The Kier molecular flexibility index (Phi) is 3.83. The Morgan fingerprint density at radius 3 is 2.58 bits per heavy atom. The lowest BCUT2D eigenvalue weighted by Gasteiger charge is -2.24. The van der Waals surface area contributed by atoms with Crippen LogP contribution in [0.3, 0.4) is 0 Å². The molecule has 4 nitrogen and oxygen atoms in total. The van der Waals surface area contributed by atoms with E-state index in [9.17, 15) is 9.90 Å². The van der Waals surface area contributed by atoms with Crippen LogP contribution >= 0.6 is 0 Å². The highest BCUT2D eigenvalue weighted by Crippen LogP contribution is 2.34. The Hall–Kier alpha value is -1.91. The molecule has 0 radical (unpaired) electrons. The molecule has 1 N–H and O–H groups in total. The summed E-state index contributed by atoms with van der Waals surface area (Å²) in [5, 5.41) is 9.18. The van der Waals surface area contributed by atoms with Crippen LogP contribution in [0.25, 0.3) is 6.08 Å². The van der Waals surface area contributed by atoms with Gasteiger partial charge >= 0.3 is 5.97 Å². The number of cyclic esters (lactones) is 1. The summed E-state index contributed by atoms with van der Waals surface area (Å²) in [6.45, 7) is 1.37. The number of aliphatic hydroxyl groups excluding tert-OH is 1. The Labute approximate surface area is 112 Å². The third kappa shape index (κ3) is 2.45. The van der Waals surface area contributed by atoms with Crippen LogP contribution in [0.1, 0.15) is 12.5 Å². The van der Waals surface area contributed by atoms with Crippen molar-refractivity contribution in [1.29, 1.82) is 0 Å². The third-order valence-electron chi connectivity index (χ3n) is 3.22. The Morgan fingerprint density at radius 2 is 2.05 bits per heavy atom. The first-order chi connectivity index (χ1) is 9.13. The maximum Gasteiger partial charge on any atom is 0.339 e. The quantitative estimate of drug-likeness (QED) is 0.840. The number of aliphatic hydroxyl groups is 1. The van der Waals surface area contributed by atoms with Crippen LogP contribution in [0.15, 0.2) is 47.6 Å². The van der Waals surface area contributed by atoms with Gasteiger partial charge in [-0.1, -0.05) is 36.4 Å². The fourth-order valence-corrected chi connectivity index (χ4v) is 2.01. The standard InChI is InChI=1S/C15H16O4/c1-11-13(10-16)14(17)19-15(11,18-2)9-8-12-6-4-3-5-7-12/h3-9,16H,10H2,1-2H3. The Bertz CT molecular complexity index is 530. The summed E-state index contributed by atoms with van der Waals surface area (Å²) in [5.41, 5.74) is 1.80. The minimum Gasteiger partial charge on any atom is -0.422 e. The van der Waals surface area contributed by atoms with Gasteiger partial charge in [0.25, 0.3) is 5.79 Å². The van der Waals surface area contributed by atoms with E-state index in [1.807, 2.05) is 36.4 Å². The largest absolute Gasteiger partial charge is 0.422 e. The number of benzene rings is 1. The highest BCUT2D eigenvalue weighted by atomic mass is 16.7. The van der Waals surface area contributed by atoms with Crippen LogP contribution in [0.5, 0.6) is 0 Å². The second kappa shape index (κ2) is 5.38. The van der Waals surface area contributed by atoms with Crippen molar-refractivity contribution in [2.24, 2.45) is 0 Å². The van der Waals surface area contributed by atoms with Crippen molar-refractivity contribution in [1.82, 2.24) is 0 Å². The van der Waals surface area contributed by atoms with E-state index in [-0.39, 0.29) is 12.2 Å². The van der Waals surface area contributed by atoms with Gasteiger partial charge in [0.15, 0.2) is 0 Å². The zero-order valence-electron chi connectivity index (χ0n) is 10.9. The molecule has 0 aliphatic carbocycles. The first-order valence-corrected chi connectivity index (χ1v) is 5.97. The van der Waals surface area contributed by atoms with Gasteiger partial charge in [-0.15, -0.1) is 0 Å². The van der Waals surface area contributed by atoms with Crippen LogP contribution < -0.4 is 0 Å². The van der Waals surface area contributed by atoms with Crippen molar-refractivity contribution in [3.05, 3.63) is 53.1 Å². The lowest BCUT2D eigenvalue weighted by Crippen LogP contribution is -2.31. The van der Waals surface area contributed by atoms with Crippen molar-refractivity contribution in [3.63, 3.8) is 0 Å². The fraction of sp³-hybridized carbons (Fsp3) is 0.267. The summed E-state index contributed by atoms with van der Waals surface area (Å²) in [7, 11) is 1.46. The number of hydrogen-bond donors (Lipinski definition) is 1. The van der Waals surface area contributed by atoms with Crippen molar-refractivity contribution >= 4 is 12.0 Å². The van der Waals surface area contributed by atoms with Crippen LogP contribution in [-0.2, 0) is 14.3 Å². The van der Waals surface area contributed by atoms with Gasteiger partial charge in [-0.3, -0.25) is 0 Å². The predicted octanol–water partition coefficient (Wildman–Crippen LogP) is 1.91. The highest BCUT2D eigenvalue weighted by Gasteiger charge is 2.43. The minimum absolute atomic E-state index is 0.250. The van der Waals surface area contributed by atoms with E-state index in [1.54, 1.807) is 13.0 Å². The molecular weight excluding hydrogens is 244 g/mol. The molecule has 19 heavy (non-hydrogen) atoms. The van der Waals surface area contributed by atoms with Gasteiger partial charge in [-0.2, -0.15) is 0 Å². The summed E-state index contributed by atoms with van der Waals surface area (Å²) in [6, 6.07) is 9.63. The topological polar surface area (TPSA) is 55.8 Å². The SMILES string of the molecule is COC1(C=Cc2ccccc2)OC(=O)C(CO)=C1C. The molecule has 1 heterocycles. The molecule has 1 unspecified atom stereocenters. The molecule has 1 aliphatic rings. The van der Waals surface area contributed by atoms with Gasteiger partial charge in [0, 0.05) is 12.7 Å². The van der Waals surface area contributed by atoms with Gasteiger partial charge in [-0.25, -0.2) is 4.79 Å². The summed E-state index contributed by atoms with van der Waals surface area (Å²) in [5.74, 6) is -1.76. The van der Waals surface area contributed by atoms with Crippen LogP contribution in [0.2, 0.25) is 0 Å². The number of esters is 1. The van der Waals surface area contributed by atoms with E-state index in [2.05, 4.69) is 0 Å². The highest BCUT2D eigenvalue weighted by molar-refractivity contribution is 5.93. The van der Waals surface area contributed by atoms with Gasteiger partial charge in [0.1, 0.15) is 0 Å². The molecule has 0 saturated heterocycles. The average Bonchev–Trinajstić information content (AvgIpc) is 2.69. The zero-order valence-corrected chi connectivity index (χ0v) is 10.9. The van der Waals surface area contributed by atoms with Gasteiger partial charge in [-0.05, 0) is 18.6 Å². The number of carbonyl (C=O) groups excluding carboxylic acids is 1. The van der Waals surface area contributed by atoms with Crippen LogP contribution in [0.4, 0.5) is 0 Å². The average molecular weight is 260 g/mol. The number of methoxy groups -OCH3 is 1. The zero-order chi connectivity index (χ0) is 13.9. The number of carbonyl (C=O) groups is 1. The smallest absolute Gasteiger partial charge is 0.339 e. The van der Waals surface area contributed by atoms with Crippen LogP contribution in [0, 0.1) is 0 Å². The number of hydrogen-bond acceptors (Lipinski definition) is 4. The lowest BCUT2D eigenvalue weighted by atomic mass is 10.0. The molecule has 0 amide bonds. The molecule has 1 aromatic rings. The van der Waals surface area contributed by atoms with Crippen molar-refractivity contribution in [3.8, 4) is 0 Å². The van der Waals surface area contributed by atoms with E-state index in [4.69, 9.17) is 9.47 Å². The third-order valence-corrected chi connectivity index (χ3v) is 3.22. The monoisotopic (exact) mass is 260 g/mol. The summed E-state index contributed by atoms with van der Waals surface area (Å²) in [6.07, 6.45) is 3.50. The second-order valence-corrected chi connectivity index (χ2v) is 4.27. The second-order valence-electron chi connectivity index (χ2n) is 4.27. The molecular formula is C15H16O4. The predicted molar refractivity (Wildman–Crippen MR) is 71.1 cm³/mol. The Morgan fingerprint density at radius 1 is 1.37 bits per heavy atom. The van der Waals surface area contributed by atoms with Gasteiger partial charge in [0.05, 0.1) is 12.2 Å². The van der Waals surface area contributed by atoms with Crippen molar-refractivity contribution in [2.45, 2.75) is 12.7 Å². The summed E-state index contributed by atoms with van der Waals surface area (Å²) >= 11 is 0. The first-order valence-electron chi connectivity index (χ1n) is 5.97. The molecule has 2 rings (SSSR count). The van der Waals surface area contributed by atoms with E-state index >= 15 is 0 Å². The normalized spacial score (nSPS) is 23.2. The minimum atomic E-state index is -1.22. The maximum absolute atomic E-state index is 11.6. The van der Waals surface area contributed by atoms with E-state index in [1.165, 1.54) is 7.11 Å². The van der Waals surface area contributed by atoms with E-state index < -0.39 is 11.8 Å². The van der Waals surface area contributed by atoms with Crippen molar-refractivity contribution < 1.29 is 19.4 Å². The Balaban J connectivity index is 2.33. The molecule has 1 atom stereocenters. The number of rotatable bonds is 4. The van der Waals surface area contributed by atoms with Crippen LogP contribution in [-0.4, -0.2) is 30.6 Å². The molecule has 1 aromatic carbocycles. The molecule has 0 fully saturated rings. The molecule has 0 bridgehead atoms. The first kappa shape index (κ1) is 13.5. The number of ether oxygens (including phenoxy) is 2. The molecule has 0 saturated carbocycles. The molecule has 100 valence electrons. The molecule has 0 spiro atoms. The molecule has 1 aliphatic heterocycles. The lowest BCUT2D eigenvalue weighted by molar-refractivity contribution is -0.175. The van der Waals surface area contributed by atoms with E-state index in [0.717, 1.165) is 5.56 Å². The summed E-state index contributed by atoms with van der Waals surface area (Å²) in [4.78, 5) is 11.6.